The van der Waals surface area contributed by atoms with Gasteiger partial charge in [-0.15, -0.1) is 0 Å². The van der Waals surface area contributed by atoms with Gasteiger partial charge in [0.15, 0.2) is 5.78 Å². The van der Waals surface area contributed by atoms with Crippen LogP contribution in [-0.2, 0) is 11.0 Å². The van der Waals surface area contributed by atoms with Crippen LogP contribution in [0.1, 0.15) is 39.1 Å². The highest BCUT2D eigenvalue weighted by atomic mass is 19.4. The molecule has 0 unspecified atom stereocenters. The van der Waals surface area contributed by atoms with Gasteiger partial charge in [0.25, 0.3) is 5.91 Å². The van der Waals surface area contributed by atoms with Gasteiger partial charge in [0, 0.05) is 17.7 Å². The molecule has 142 valence electrons. The Hall–Kier alpha value is -3.23. The van der Waals surface area contributed by atoms with Crippen molar-refractivity contribution >= 4 is 23.3 Å². The fraction of sp³-hybridized carbons (Fsp3) is 0.167. The lowest BCUT2D eigenvalue weighted by atomic mass is 10.1. The van der Waals surface area contributed by atoms with Crippen LogP contribution in [0, 0.1) is 5.82 Å². The van der Waals surface area contributed by atoms with Crippen molar-refractivity contribution in [1.29, 1.82) is 0 Å². The monoisotopic (exact) mass is 383 g/mol. The minimum absolute atomic E-state index is 0.183. The van der Waals surface area contributed by atoms with E-state index in [0.29, 0.717) is 6.07 Å². The van der Waals surface area contributed by atoms with E-state index in [2.05, 4.69) is 5.32 Å². The highest BCUT2D eigenvalue weighted by molar-refractivity contribution is 6.05. The lowest BCUT2D eigenvalue weighted by Gasteiger charge is -2.10. The molecule has 0 radical (unpaired) electrons. The number of carbonyl (C=O) groups is 3. The molecule has 5 nitrogen and oxygen atoms in total. The molecule has 1 amide bonds. The van der Waals surface area contributed by atoms with Gasteiger partial charge in [-0.2, -0.15) is 13.2 Å². The van der Waals surface area contributed by atoms with Crippen molar-refractivity contribution in [2.75, 3.05) is 5.32 Å². The van der Waals surface area contributed by atoms with Crippen LogP contribution in [0.2, 0.25) is 0 Å². The van der Waals surface area contributed by atoms with Crippen molar-refractivity contribution in [1.82, 2.24) is 0 Å². The second kappa shape index (κ2) is 7.98. The van der Waals surface area contributed by atoms with E-state index >= 15 is 0 Å². The molecule has 0 aliphatic rings. The summed E-state index contributed by atoms with van der Waals surface area (Å²) in [6, 6.07) is 6.95. The first-order valence-electron chi connectivity index (χ1n) is 7.61. The summed E-state index contributed by atoms with van der Waals surface area (Å²) in [6.07, 6.45) is -5.22. The Kier molecular flexibility index (Phi) is 5.94. The van der Waals surface area contributed by atoms with Gasteiger partial charge in [-0.25, -0.2) is 4.39 Å². The van der Waals surface area contributed by atoms with Crippen molar-refractivity contribution in [2.45, 2.75) is 19.0 Å². The Labute approximate surface area is 150 Å². The van der Waals surface area contributed by atoms with Gasteiger partial charge in [0.1, 0.15) is 5.82 Å². The number of amides is 1. The molecular weight excluding hydrogens is 370 g/mol. The van der Waals surface area contributed by atoms with Gasteiger partial charge >= 0.3 is 12.1 Å². The number of carboxylic acid groups (broad SMARTS) is 1. The van der Waals surface area contributed by atoms with E-state index < -0.39 is 40.8 Å². The maximum Gasteiger partial charge on any atom is 0.416 e. The third-order valence-corrected chi connectivity index (χ3v) is 3.57. The Morgan fingerprint density at radius 2 is 1.59 bits per heavy atom. The van der Waals surface area contributed by atoms with Crippen molar-refractivity contribution < 1.29 is 37.1 Å². The van der Waals surface area contributed by atoms with Crippen molar-refractivity contribution in [3.05, 3.63) is 65.0 Å². The summed E-state index contributed by atoms with van der Waals surface area (Å²) in [7, 11) is 0. The van der Waals surface area contributed by atoms with Crippen LogP contribution in [0.15, 0.2) is 42.5 Å². The van der Waals surface area contributed by atoms with Crippen LogP contribution in [0.3, 0.4) is 0 Å². The predicted molar refractivity (Wildman–Crippen MR) is 87.0 cm³/mol. The molecule has 0 aliphatic heterocycles. The number of halogens is 4. The minimum Gasteiger partial charge on any atom is -0.481 e. The average molecular weight is 383 g/mol. The summed E-state index contributed by atoms with van der Waals surface area (Å²) in [6.45, 7) is 0. The number of anilines is 1. The molecular formula is C18H13F4NO4. The molecule has 2 N–H and O–H groups in total. The first-order chi connectivity index (χ1) is 12.6. The Morgan fingerprint density at radius 3 is 2.11 bits per heavy atom. The largest absolute Gasteiger partial charge is 0.481 e. The molecule has 0 saturated carbocycles. The van der Waals surface area contributed by atoms with Gasteiger partial charge in [-0.05, 0) is 42.5 Å². The summed E-state index contributed by atoms with van der Waals surface area (Å²) >= 11 is 0. The highest BCUT2D eigenvalue weighted by Gasteiger charge is 2.31. The summed E-state index contributed by atoms with van der Waals surface area (Å²) < 4.78 is 51.4. The van der Waals surface area contributed by atoms with E-state index in [0.717, 1.165) is 6.07 Å². The van der Waals surface area contributed by atoms with Crippen molar-refractivity contribution in [3.8, 4) is 0 Å². The third kappa shape index (κ3) is 5.37. The minimum atomic E-state index is -4.72. The summed E-state index contributed by atoms with van der Waals surface area (Å²) in [5, 5.41) is 10.9. The van der Waals surface area contributed by atoms with Crippen LogP contribution in [-0.4, -0.2) is 22.8 Å². The number of hydrogen-bond acceptors (Lipinski definition) is 3. The van der Waals surface area contributed by atoms with E-state index in [4.69, 9.17) is 5.11 Å². The molecule has 0 atom stereocenters. The standard InChI is InChI=1S/C18H13F4NO4/c19-14-9-11(18(20,21)22)3-6-13(14)17(27)23-12-4-1-10(2-5-12)15(24)7-8-16(25)26/h1-6,9H,7-8H2,(H,23,27)(H,25,26). The number of carboxylic acids is 1. The predicted octanol–water partition coefficient (Wildman–Crippen LogP) is 4.14. The maximum atomic E-state index is 13.8. The quantitative estimate of drug-likeness (QED) is 0.580. The Bertz CT molecular complexity index is 876. The average Bonchev–Trinajstić information content (AvgIpc) is 2.59. The zero-order valence-corrected chi connectivity index (χ0v) is 13.6. The van der Waals surface area contributed by atoms with Crippen LogP contribution in [0.4, 0.5) is 23.2 Å². The Morgan fingerprint density at radius 1 is 0.963 bits per heavy atom. The lowest BCUT2D eigenvalue weighted by Crippen LogP contribution is -2.15. The van der Waals surface area contributed by atoms with Gasteiger partial charge in [-0.3, -0.25) is 14.4 Å². The van der Waals surface area contributed by atoms with E-state index in [1.165, 1.54) is 24.3 Å². The SMILES string of the molecule is O=C(O)CCC(=O)c1ccc(NC(=O)c2ccc(C(F)(F)F)cc2F)cc1. The fourth-order valence-corrected chi connectivity index (χ4v) is 2.18. The van der Waals surface area contributed by atoms with E-state index in [1.807, 2.05) is 0 Å². The molecule has 0 heterocycles. The van der Waals surface area contributed by atoms with Crippen molar-refractivity contribution in [2.24, 2.45) is 0 Å². The molecule has 0 bridgehead atoms. The van der Waals surface area contributed by atoms with Gasteiger partial charge in [0.2, 0.25) is 0 Å². The number of nitrogens with one attached hydrogen (secondary N) is 1. The van der Waals surface area contributed by atoms with E-state index in [1.54, 1.807) is 0 Å². The van der Waals surface area contributed by atoms with Crippen LogP contribution < -0.4 is 5.32 Å². The molecule has 2 rings (SSSR count). The molecule has 0 spiro atoms. The van der Waals surface area contributed by atoms with Crippen molar-refractivity contribution in [3.63, 3.8) is 0 Å². The number of aliphatic carboxylic acids is 1. The molecule has 2 aromatic rings. The normalized spacial score (nSPS) is 11.1. The zero-order valence-electron chi connectivity index (χ0n) is 13.6. The molecule has 0 saturated heterocycles. The second-order valence-corrected chi connectivity index (χ2v) is 5.54. The number of hydrogen-bond donors (Lipinski definition) is 2. The summed E-state index contributed by atoms with van der Waals surface area (Å²) in [5.74, 6) is -3.77. The zero-order chi connectivity index (χ0) is 20.2. The number of rotatable bonds is 6. The Balaban J connectivity index is 2.08. The van der Waals surface area contributed by atoms with E-state index in [-0.39, 0.29) is 30.2 Å². The molecule has 0 aromatic heterocycles. The second-order valence-electron chi connectivity index (χ2n) is 5.54. The van der Waals surface area contributed by atoms with Crippen LogP contribution in [0.5, 0.6) is 0 Å². The first-order valence-corrected chi connectivity index (χ1v) is 7.61. The number of ketones is 1. The number of Topliss-reactive ketones (excluding diaryl/α,β-unsaturated/α-hetero) is 1. The fourth-order valence-electron chi connectivity index (χ4n) is 2.18. The highest BCUT2D eigenvalue weighted by Crippen LogP contribution is 2.30. The molecule has 9 heteroatoms. The number of benzene rings is 2. The molecule has 2 aromatic carbocycles. The molecule has 27 heavy (non-hydrogen) atoms. The first kappa shape index (κ1) is 20.1. The van der Waals surface area contributed by atoms with Gasteiger partial charge in [0.05, 0.1) is 17.5 Å². The molecule has 0 aliphatic carbocycles. The molecule has 0 fully saturated rings. The number of carbonyl (C=O) groups excluding carboxylic acids is 2. The smallest absolute Gasteiger partial charge is 0.416 e. The maximum absolute atomic E-state index is 13.8. The summed E-state index contributed by atoms with van der Waals surface area (Å²) in [4.78, 5) is 34.3. The van der Waals surface area contributed by atoms with Gasteiger partial charge in [-0.1, -0.05) is 0 Å². The number of alkyl halides is 3. The third-order valence-electron chi connectivity index (χ3n) is 3.57. The topological polar surface area (TPSA) is 83.5 Å². The van der Waals surface area contributed by atoms with Gasteiger partial charge < -0.3 is 10.4 Å². The van der Waals surface area contributed by atoms with Crippen LogP contribution >= 0.6 is 0 Å². The lowest BCUT2D eigenvalue weighted by molar-refractivity contribution is -0.138. The summed E-state index contributed by atoms with van der Waals surface area (Å²) in [5.41, 5.74) is -1.35. The van der Waals surface area contributed by atoms with E-state index in [9.17, 15) is 31.9 Å². The van der Waals surface area contributed by atoms with Crippen LogP contribution in [0.25, 0.3) is 0 Å².